The molecule has 0 aliphatic carbocycles. The van der Waals surface area contributed by atoms with Crippen molar-refractivity contribution in [3.63, 3.8) is 0 Å². The zero-order chi connectivity index (χ0) is 17.5. The monoisotopic (exact) mass is 351 g/mol. The molecule has 2 N–H and O–H groups in total. The van der Waals surface area contributed by atoms with Crippen molar-refractivity contribution in [2.75, 3.05) is 44.6 Å². The Bertz CT molecular complexity index is 972. The molecule has 1 atom stereocenters. The molecule has 3 aromatic rings. The van der Waals surface area contributed by atoms with Crippen molar-refractivity contribution < 1.29 is 0 Å². The molecule has 134 valence electrons. The first kappa shape index (κ1) is 15.5. The van der Waals surface area contributed by atoms with E-state index >= 15 is 0 Å². The van der Waals surface area contributed by atoms with Crippen molar-refractivity contribution in [1.29, 1.82) is 0 Å². The maximum Gasteiger partial charge on any atom is 0.263 e. The highest BCUT2D eigenvalue weighted by Crippen LogP contribution is 2.17. The fourth-order valence-electron chi connectivity index (χ4n) is 3.89. The van der Waals surface area contributed by atoms with Crippen molar-refractivity contribution in [1.82, 2.24) is 29.5 Å². The topological polar surface area (TPSA) is 82.1 Å². The number of hydrogen-bond donors (Lipinski definition) is 2. The van der Waals surface area contributed by atoms with Crippen LogP contribution in [0.2, 0.25) is 0 Å². The van der Waals surface area contributed by atoms with E-state index < -0.39 is 0 Å². The highest BCUT2D eigenvalue weighted by molar-refractivity contribution is 5.76. The second-order valence-electron chi connectivity index (χ2n) is 6.92. The van der Waals surface area contributed by atoms with Gasteiger partial charge in [0, 0.05) is 45.3 Å². The van der Waals surface area contributed by atoms with E-state index in [-0.39, 0.29) is 5.56 Å². The van der Waals surface area contributed by atoms with E-state index in [1.165, 1.54) is 0 Å². The molecule has 0 radical (unpaired) electrons. The van der Waals surface area contributed by atoms with Gasteiger partial charge in [0.2, 0.25) is 5.95 Å². The van der Waals surface area contributed by atoms with Gasteiger partial charge in [-0.3, -0.25) is 19.6 Å². The minimum atomic E-state index is -0.172. The number of fused-ring (bicyclic) bond motifs is 4. The Kier molecular flexibility index (Phi) is 3.72. The highest BCUT2D eigenvalue weighted by Gasteiger charge is 2.31. The second kappa shape index (κ2) is 6.22. The van der Waals surface area contributed by atoms with E-state index in [0.717, 1.165) is 45.0 Å². The minimum absolute atomic E-state index is 0.172. The predicted molar refractivity (Wildman–Crippen MR) is 99.8 cm³/mol. The van der Waals surface area contributed by atoms with Gasteiger partial charge >= 0.3 is 0 Å². The quantitative estimate of drug-likeness (QED) is 0.713. The molecule has 5 heterocycles. The van der Waals surface area contributed by atoms with E-state index in [0.29, 0.717) is 23.0 Å². The van der Waals surface area contributed by atoms with Crippen molar-refractivity contribution in [3.8, 4) is 5.69 Å². The molecular weight excluding hydrogens is 330 g/mol. The van der Waals surface area contributed by atoms with Crippen LogP contribution in [0.15, 0.2) is 41.3 Å². The Morgan fingerprint density at radius 3 is 2.69 bits per heavy atom. The average molecular weight is 351 g/mol. The van der Waals surface area contributed by atoms with E-state index in [1.807, 2.05) is 30.3 Å². The summed E-state index contributed by atoms with van der Waals surface area (Å²) in [5.41, 5.74) is 1.28. The van der Waals surface area contributed by atoms with Gasteiger partial charge in [-0.05, 0) is 12.1 Å². The number of hydrogen-bond acceptors (Lipinski definition) is 6. The molecule has 26 heavy (non-hydrogen) atoms. The van der Waals surface area contributed by atoms with Crippen LogP contribution in [-0.2, 0) is 0 Å². The number of rotatable bonds is 4. The Morgan fingerprint density at radius 2 is 1.96 bits per heavy atom. The molecule has 1 unspecified atom stereocenters. The van der Waals surface area contributed by atoms with Crippen LogP contribution < -0.4 is 10.9 Å². The number of piperazine rings is 3. The molecule has 3 saturated heterocycles. The third-order valence-electron chi connectivity index (χ3n) is 5.34. The largest absolute Gasteiger partial charge is 0.354 e. The number of H-pyrrole nitrogens is 1. The smallest absolute Gasteiger partial charge is 0.263 e. The van der Waals surface area contributed by atoms with Crippen LogP contribution in [-0.4, -0.2) is 74.9 Å². The van der Waals surface area contributed by atoms with E-state index in [2.05, 4.69) is 30.2 Å². The van der Waals surface area contributed by atoms with Crippen LogP contribution in [0, 0.1) is 0 Å². The lowest BCUT2D eigenvalue weighted by Gasteiger charge is -2.47. The van der Waals surface area contributed by atoms with Gasteiger partial charge in [0.15, 0.2) is 5.65 Å². The number of aromatic nitrogens is 4. The first-order valence-corrected chi connectivity index (χ1v) is 9.02. The van der Waals surface area contributed by atoms with Crippen LogP contribution >= 0.6 is 0 Å². The van der Waals surface area contributed by atoms with Gasteiger partial charge in [-0.2, -0.15) is 10.1 Å². The molecule has 3 fully saturated rings. The molecule has 0 saturated carbocycles. The molecule has 3 aliphatic rings. The molecule has 0 amide bonds. The van der Waals surface area contributed by atoms with Crippen molar-refractivity contribution in [2.45, 2.75) is 6.04 Å². The molecule has 0 spiro atoms. The zero-order valence-corrected chi connectivity index (χ0v) is 14.4. The van der Waals surface area contributed by atoms with Gasteiger partial charge in [0.1, 0.15) is 5.39 Å². The Balaban J connectivity index is 1.42. The highest BCUT2D eigenvalue weighted by atomic mass is 16.1. The molecular formula is C18H21N7O. The molecule has 8 heteroatoms. The number of anilines is 1. The molecule has 2 bridgehead atoms. The Labute approximate surface area is 150 Å². The lowest BCUT2D eigenvalue weighted by atomic mass is 10.1. The van der Waals surface area contributed by atoms with Gasteiger partial charge in [0.05, 0.1) is 11.9 Å². The maximum atomic E-state index is 12.4. The maximum absolute atomic E-state index is 12.4. The number of para-hydroxylation sites is 1. The number of aromatic amines is 1. The van der Waals surface area contributed by atoms with Crippen molar-refractivity contribution >= 4 is 17.0 Å². The molecule has 6 rings (SSSR count). The number of nitrogens with one attached hydrogen (secondary N) is 2. The summed E-state index contributed by atoms with van der Waals surface area (Å²) >= 11 is 0. The van der Waals surface area contributed by atoms with Crippen molar-refractivity contribution in [2.24, 2.45) is 0 Å². The third kappa shape index (κ3) is 2.67. The fraction of sp³-hybridized carbons (Fsp3) is 0.389. The summed E-state index contributed by atoms with van der Waals surface area (Å²) in [6, 6.07) is 10.2. The van der Waals surface area contributed by atoms with Gasteiger partial charge in [0.25, 0.3) is 5.56 Å². The molecule has 2 aromatic heterocycles. The summed E-state index contributed by atoms with van der Waals surface area (Å²) in [6.07, 6.45) is 1.57. The zero-order valence-electron chi connectivity index (χ0n) is 14.4. The molecule has 1 aromatic carbocycles. The van der Waals surface area contributed by atoms with E-state index in [9.17, 15) is 4.79 Å². The second-order valence-corrected chi connectivity index (χ2v) is 6.92. The lowest BCUT2D eigenvalue weighted by molar-refractivity contribution is 0.0189. The Hall–Kier alpha value is -2.71. The lowest BCUT2D eigenvalue weighted by Crippen LogP contribution is -2.62. The van der Waals surface area contributed by atoms with Crippen LogP contribution in [0.3, 0.4) is 0 Å². The normalized spacial score (nSPS) is 24.8. The number of benzene rings is 1. The third-order valence-corrected chi connectivity index (χ3v) is 5.34. The SMILES string of the molecule is O=c1[nH]c(NCC2CN3CCN2CC3)nc2c1cnn2-c1ccccc1. The summed E-state index contributed by atoms with van der Waals surface area (Å²) in [4.78, 5) is 24.9. The van der Waals surface area contributed by atoms with Crippen molar-refractivity contribution in [3.05, 3.63) is 46.9 Å². The standard InChI is InChI=1S/C18H21N7O/c26-17-15-11-20-25(13-4-2-1-3-5-13)16(15)21-18(22-17)19-10-14-12-23-6-8-24(14)9-7-23/h1-5,11,14H,6-10,12H2,(H2,19,21,22,26). The summed E-state index contributed by atoms with van der Waals surface area (Å²) in [6.45, 7) is 6.40. The number of nitrogens with zero attached hydrogens (tertiary/aromatic N) is 5. The van der Waals surface area contributed by atoms with Crippen LogP contribution in [0.1, 0.15) is 0 Å². The Morgan fingerprint density at radius 1 is 1.15 bits per heavy atom. The van der Waals surface area contributed by atoms with Crippen LogP contribution in [0.5, 0.6) is 0 Å². The van der Waals surface area contributed by atoms with E-state index in [1.54, 1.807) is 10.9 Å². The fourth-order valence-corrected chi connectivity index (χ4v) is 3.89. The van der Waals surface area contributed by atoms with Gasteiger partial charge in [-0.1, -0.05) is 18.2 Å². The van der Waals surface area contributed by atoms with Crippen LogP contribution in [0.4, 0.5) is 5.95 Å². The van der Waals surface area contributed by atoms with Gasteiger partial charge in [-0.15, -0.1) is 0 Å². The first-order valence-electron chi connectivity index (χ1n) is 9.02. The van der Waals surface area contributed by atoms with Crippen LogP contribution in [0.25, 0.3) is 16.7 Å². The van der Waals surface area contributed by atoms with E-state index in [4.69, 9.17) is 0 Å². The first-order chi connectivity index (χ1) is 12.8. The summed E-state index contributed by atoms with van der Waals surface area (Å²) < 4.78 is 1.70. The minimum Gasteiger partial charge on any atom is -0.354 e. The van der Waals surface area contributed by atoms with Gasteiger partial charge in [-0.25, -0.2) is 4.68 Å². The average Bonchev–Trinajstić information content (AvgIpc) is 3.13. The summed E-state index contributed by atoms with van der Waals surface area (Å²) in [5.74, 6) is 0.498. The molecule has 8 nitrogen and oxygen atoms in total. The summed E-state index contributed by atoms with van der Waals surface area (Å²) in [5, 5.41) is 8.16. The van der Waals surface area contributed by atoms with Gasteiger partial charge < -0.3 is 5.32 Å². The summed E-state index contributed by atoms with van der Waals surface area (Å²) in [7, 11) is 0. The molecule has 3 aliphatic heterocycles. The predicted octanol–water partition coefficient (Wildman–Crippen LogP) is 0.521.